The van der Waals surface area contributed by atoms with Crippen LogP contribution in [0.1, 0.15) is 44.7 Å². The Bertz CT molecular complexity index is 736. The Hall–Kier alpha value is -1.75. The summed E-state index contributed by atoms with van der Waals surface area (Å²) < 4.78 is 5.08. The molecular weight excluding hydrogens is 364 g/mol. The molecule has 0 radical (unpaired) electrons. The summed E-state index contributed by atoms with van der Waals surface area (Å²) in [7, 11) is 0. The third-order valence-corrected chi connectivity index (χ3v) is 6.29. The maximum Gasteiger partial charge on any atom is 0.407 e. The van der Waals surface area contributed by atoms with Crippen molar-refractivity contribution in [3.63, 3.8) is 0 Å². The number of likely N-dealkylation sites (tertiary alicyclic amines) is 1. The number of halogens is 1. The Morgan fingerprint density at radius 3 is 2.78 bits per heavy atom. The van der Waals surface area contributed by atoms with Crippen molar-refractivity contribution in [3.05, 3.63) is 34.3 Å². The Labute approximate surface area is 166 Å². The number of hydrogen-bond acceptors (Lipinski definition) is 3. The minimum atomic E-state index is -0.466. The number of alkyl carbamates (subject to hydrolysis) is 1. The lowest BCUT2D eigenvalue weighted by molar-refractivity contribution is -0.135. The molecule has 1 aromatic rings. The van der Waals surface area contributed by atoms with Gasteiger partial charge in [0.15, 0.2) is 0 Å². The van der Waals surface area contributed by atoms with Gasteiger partial charge in [-0.3, -0.25) is 4.79 Å². The number of benzene rings is 1. The first-order valence-electron chi connectivity index (χ1n) is 9.76. The van der Waals surface area contributed by atoms with Gasteiger partial charge in [-0.05, 0) is 56.7 Å². The number of carbonyl (C=O) groups is 2. The molecule has 27 heavy (non-hydrogen) atoms. The highest BCUT2D eigenvalue weighted by molar-refractivity contribution is 6.31. The molecule has 148 valence electrons. The molecule has 6 heteroatoms. The lowest BCUT2D eigenvalue weighted by Gasteiger charge is -2.26. The van der Waals surface area contributed by atoms with Crippen molar-refractivity contribution in [2.75, 3.05) is 19.6 Å². The summed E-state index contributed by atoms with van der Waals surface area (Å²) in [5, 5.41) is 3.51. The third-order valence-electron chi connectivity index (χ3n) is 5.88. The van der Waals surface area contributed by atoms with Crippen LogP contribution in [0.15, 0.2) is 18.2 Å². The Balaban J connectivity index is 1.61. The van der Waals surface area contributed by atoms with Gasteiger partial charge in [0.05, 0.1) is 12.0 Å². The largest absolute Gasteiger partial charge is 0.447 e. The van der Waals surface area contributed by atoms with E-state index in [0.29, 0.717) is 18.9 Å². The number of aryl methyl sites for hydroxylation is 1. The van der Waals surface area contributed by atoms with Crippen molar-refractivity contribution in [1.82, 2.24) is 10.2 Å². The van der Waals surface area contributed by atoms with Gasteiger partial charge in [-0.25, -0.2) is 4.79 Å². The number of nitrogens with zero attached hydrogens (tertiary/aromatic N) is 1. The van der Waals surface area contributed by atoms with E-state index in [9.17, 15) is 9.59 Å². The summed E-state index contributed by atoms with van der Waals surface area (Å²) >= 11 is 6.32. The Morgan fingerprint density at radius 2 is 2.15 bits per heavy atom. The highest BCUT2D eigenvalue weighted by Crippen LogP contribution is 2.59. The summed E-state index contributed by atoms with van der Waals surface area (Å²) in [5.74, 6) is 0.407. The molecule has 2 amide bonds. The fraction of sp³-hybridized carbons (Fsp3) is 0.619. The Kier molecular flexibility index (Phi) is 5.71. The van der Waals surface area contributed by atoms with Gasteiger partial charge in [0.1, 0.15) is 0 Å². The standard InChI is InChI=1S/C21H29ClN2O3/c1-5-15(10-23-20(26)27-13(2)3)19(25)24-11-17-9-21(17,12-24)16-7-6-14(4)18(22)8-16/h6-8,13,15,17H,5,9-12H2,1-4H3,(H,23,26)/t15-,17?,21?/m1/s1. The lowest BCUT2D eigenvalue weighted by Crippen LogP contribution is -2.42. The van der Waals surface area contributed by atoms with Crippen LogP contribution in [0, 0.1) is 18.8 Å². The van der Waals surface area contributed by atoms with Gasteiger partial charge in [0.25, 0.3) is 0 Å². The second-order valence-electron chi connectivity index (χ2n) is 8.18. The van der Waals surface area contributed by atoms with Gasteiger partial charge in [0, 0.05) is 30.1 Å². The van der Waals surface area contributed by atoms with Gasteiger partial charge < -0.3 is 15.0 Å². The van der Waals surface area contributed by atoms with Crippen molar-refractivity contribution < 1.29 is 14.3 Å². The average molecular weight is 393 g/mol. The van der Waals surface area contributed by atoms with Crippen LogP contribution in [0.25, 0.3) is 0 Å². The van der Waals surface area contributed by atoms with Crippen LogP contribution < -0.4 is 5.32 Å². The van der Waals surface area contributed by atoms with Crippen LogP contribution in [0.5, 0.6) is 0 Å². The van der Waals surface area contributed by atoms with Crippen molar-refractivity contribution in [2.24, 2.45) is 11.8 Å². The molecule has 1 N–H and O–H groups in total. The number of amides is 2. The van der Waals surface area contributed by atoms with Gasteiger partial charge in [-0.2, -0.15) is 0 Å². The molecule has 1 aliphatic carbocycles. The van der Waals surface area contributed by atoms with E-state index in [1.54, 1.807) is 13.8 Å². The molecule has 3 rings (SSSR count). The summed E-state index contributed by atoms with van der Waals surface area (Å²) in [5.41, 5.74) is 2.38. The van der Waals surface area contributed by atoms with Gasteiger partial charge in [-0.15, -0.1) is 0 Å². The fourth-order valence-electron chi connectivity index (χ4n) is 4.13. The summed E-state index contributed by atoms with van der Waals surface area (Å²) in [6.07, 6.45) is 1.16. The molecule has 1 heterocycles. The molecule has 0 aromatic heterocycles. The molecule has 0 spiro atoms. The summed E-state index contributed by atoms with van der Waals surface area (Å²) in [4.78, 5) is 26.6. The maximum atomic E-state index is 13.0. The zero-order chi connectivity index (χ0) is 19.8. The fourth-order valence-corrected chi connectivity index (χ4v) is 4.31. The number of ether oxygens (including phenoxy) is 1. The third kappa shape index (κ3) is 4.08. The van der Waals surface area contributed by atoms with Crippen LogP contribution >= 0.6 is 11.6 Å². The predicted octanol–water partition coefficient (Wildman–Crippen LogP) is 3.91. The highest BCUT2D eigenvalue weighted by Gasteiger charge is 2.61. The first-order chi connectivity index (χ1) is 12.8. The van der Waals surface area contributed by atoms with E-state index < -0.39 is 6.09 Å². The molecule has 1 aromatic carbocycles. The van der Waals surface area contributed by atoms with E-state index in [1.165, 1.54) is 5.56 Å². The number of hydrogen-bond donors (Lipinski definition) is 1. The minimum Gasteiger partial charge on any atom is -0.447 e. The van der Waals surface area contributed by atoms with Crippen LogP contribution in [-0.2, 0) is 14.9 Å². The van der Waals surface area contributed by atoms with Crippen LogP contribution in [-0.4, -0.2) is 42.6 Å². The molecule has 2 unspecified atom stereocenters. The quantitative estimate of drug-likeness (QED) is 0.798. The normalized spacial score (nSPS) is 24.5. The zero-order valence-electron chi connectivity index (χ0n) is 16.5. The zero-order valence-corrected chi connectivity index (χ0v) is 17.3. The molecule has 1 saturated heterocycles. The number of fused-ring (bicyclic) bond motifs is 1. The van der Waals surface area contributed by atoms with Crippen molar-refractivity contribution in [3.8, 4) is 0 Å². The van der Waals surface area contributed by atoms with E-state index in [1.807, 2.05) is 18.7 Å². The van der Waals surface area contributed by atoms with Crippen LogP contribution in [0.3, 0.4) is 0 Å². The smallest absolute Gasteiger partial charge is 0.407 e. The topological polar surface area (TPSA) is 58.6 Å². The maximum absolute atomic E-state index is 13.0. The van der Waals surface area contributed by atoms with Crippen molar-refractivity contribution >= 4 is 23.6 Å². The summed E-state index contributed by atoms with van der Waals surface area (Å²) in [6.45, 7) is 9.42. The number of carbonyl (C=O) groups excluding carboxylic acids is 2. The van der Waals surface area contributed by atoms with E-state index >= 15 is 0 Å². The Morgan fingerprint density at radius 1 is 1.41 bits per heavy atom. The average Bonchev–Trinajstić information content (AvgIpc) is 3.18. The van der Waals surface area contributed by atoms with E-state index in [-0.39, 0.29) is 23.3 Å². The van der Waals surface area contributed by atoms with Crippen LogP contribution in [0.2, 0.25) is 5.02 Å². The van der Waals surface area contributed by atoms with Crippen LogP contribution in [0.4, 0.5) is 4.79 Å². The molecule has 1 saturated carbocycles. The monoisotopic (exact) mass is 392 g/mol. The molecular formula is C21H29ClN2O3. The first-order valence-corrected chi connectivity index (χ1v) is 10.1. The minimum absolute atomic E-state index is 0.0648. The molecule has 0 bridgehead atoms. The predicted molar refractivity (Wildman–Crippen MR) is 106 cm³/mol. The van der Waals surface area contributed by atoms with E-state index in [0.717, 1.165) is 30.1 Å². The summed E-state index contributed by atoms with van der Waals surface area (Å²) in [6, 6.07) is 6.27. The van der Waals surface area contributed by atoms with Gasteiger partial charge >= 0.3 is 6.09 Å². The SMILES string of the molecule is CC[C@H](CNC(=O)OC(C)C)C(=O)N1CC2CC2(c2ccc(C)c(Cl)c2)C1. The molecule has 2 aliphatic rings. The van der Waals surface area contributed by atoms with Gasteiger partial charge in [0.2, 0.25) is 5.91 Å². The van der Waals surface area contributed by atoms with E-state index in [2.05, 4.69) is 23.5 Å². The van der Waals surface area contributed by atoms with Crippen molar-refractivity contribution in [1.29, 1.82) is 0 Å². The second kappa shape index (κ2) is 7.70. The van der Waals surface area contributed by atoms with E-state index in [4.69, 9.17) is 16.3 Å². The molecule has 5 nitrogen and oxygen atoms in total. The first kappa shape index (κ1) is 20.0. The highest BCUT2D eigenvalue weighted by atomic mass is 35.5. The van der Waals surface area contributed by atoms with Gasteiger partial charge in [-0.1, -0.05) is 30.7 Å². The number of piperidine rings is 1. The van der Waals surface area contributed by atoms with Crippen molar-refractivity contribution in [2.45, 2.75) is 52.1 Å². The lowest BCUT2D eigenvalue weighted by atomic mass is 9.94. The molecule has 1 aliphatic heterocycles. The molecule has 2 fully saturated rings. The number of nitrogens with one attached hydrogen (secondary N) is 1. The number of rotatable bonds is 6. The second-order valence-corrected chi connectivity index (χ2v) is 8.59. The molecule has 3 atom stereocenters.